The highest BCUT2D eigenvalue weighted by atomic mass is 16.5. The lowest BCUT2D eigenvalue weighted by molar-refractivity contribution is -0.139. The summed E-state index contributed by atoms with van der Waals surface area (Å²) in [7, 11) is 1.36. The van der Waals surface area contributed by atoms with Gasteiger partial charge in [-0.15, -0.1) is 0 Å². The monoisotopic (exact) mass is 376 g/mol. The van der Waals surface area contributed by atoms with Gasteiger partial charge in [-0.05, 0) is 43.5 Å². The SMILES string of the molecule is COC(=O)Cc1cc(C)c(-c2cc3cnc(NC(=O)C4CC4)cc3cn2)cn1. The van der Waals surface area contributed by atoms with Crippen molar-refractivity contribution in [2.75, 3.05) is 12.4 Å². The Kier molecular flexibility index (Phi) is 4.73. The fourth-order valence-corrected chi connectivity index (χ4v) is 3.03. The van der Waals surface area contributed by atoms with E-state index in [1.165, 1.54) is 7.11 Å². The summed E-state index contributed by atoms with van der Waals surface area (Å²) in [5.74, 6) is 0.392. The molecular formula is C21H20N4O3. The van der Waals surface area contributed by atoms with Gasteiger partial charge >= 0.3 is 5.97 Å². The maximum absolute atomic E-state index is 11.9. The molecule has 0 bridgehead atoms. The average molecular weight is 376 g/mol. The largest absolute Gasteiger partial charge is 0.469 e. The summed E-state index contributed by atoms with van der Waals surface area (Å²) in [5, 5.41) is 4.68. The van der Waals surface area contributed by atoms with Gasteiger partial charge in [-0.25, -0.2) is 4.98 Å². The van der Waals surface area contributed by atoms with E-state index in [1.807, 2.05) is 25.1 Å². The van der Waals surface area contributed by atoms with Crippen molar-refractivity contribution >= 4 is 28.5 Å². The van der Waals surface area contributed by atoms with Crippen molar-refractivity contribution in [3.8, 4) is 11.3 Å². The van der Waals surface area contributed by atoms with Gasteiger partial charge in [0.2, 0.25) is 5.91 Å². The molecule has 0 saturated heterocycles. The molecular weight excluding hydrogens is 356 g/mol. The minimum atomic E-state index is -0.320. The molecule has 0 spiro atoms. The highest BCUT2D eigenvalue weighted by molar-refractivity contribution is 5.95. The second kappa shape index (κ2) is 7.34. The fourth-order valence-electron chi connectivity index (χ4n) is 3.03. The Morgan fingerprint density at radius 2 is 1.82 bits per heavy atom. The zero-order chi connectivity index (χ0) is 19.7. The first-order valence-electron chi connectivity index (χ1n) is 9.13. The second-order valence-corrected chi connectivity index (χ2v) is 6.99. The molecule has 0 aliphatic heterocycles. The summed E-state index contributed by atoms with van der Waals surface area (Å²) < 4.78 is 4.68. The van der Waals surface area contributed by atoms with Crippen LogP contribution in [0, 0.1) is 12.8 Å². The van der Waals surface area contributed by atoms with E-state index in [4.69, 9.17) is 0 Å². The lowest BCUT2D eigenvalue weighted by Gasteiger charge is -2.09. The number of carbonyl (C=O) groups is 2. The van der Waals surface area contributed by atoms with E-state index in [0.29, 0.717) is 11.5 Å². The Hall–Kier alpha value is -3.35. The summed E-state index contributed by atoms with van der Waals surface area (Å²) in [6.07, 6.45) is 7.27. The number of rotatable bonds is 5. The van der Waals surface area contributed by atoms with Crippen LogP contribution in [0.2, 0.25) is 0 Å². The highest BCUT2D eigenvalue weighted by Crippen LogP contribution is 2.30. The molecule has 1 aliphatic carbocycles. The Morgan fingerprint density at radius 3 is 2.54 bits per heavy atom. The maximum Gasteiger partial charge on any atom is 0.311 e. The number of amides is 1. The fraction of sp³-hybridized carbons (Fsp3) is 0.286. The smallest absolute Gasteiger partial charge is 0.311 e. The number of nitrogens with one attached hydrogen (secondary N) is 1. The van der Waals surface area contributed by atoms with Gasteiger partial charge in [-0.2, -0.15) is 0 Å². The number of aromatic nitrogens is 3. The highest BCUT2D eigenvalue weighted by Gasteiger charge is 2.29. The van der Waals surface area contributed by atoms with E-state index >= 15 is 0 Å². The number of hydrogen-bond acceptors (Lipinski definition) is 6. The standard InChI is InChI=1S/C21H20N4O3/c1-12-5-16(8-20(26)28-2)22-11-17(12)18-6-14-10-24-19(7-15(14)9-23-18)25-21(27)13-3-4-13/h5-7,9-11,13H,3-4,8H2,1-2H3,(H,24,25,27). The van der Waals surface area contributed by atoms with Crippen molar-refractivity contribution in [3.63, 3.8) is 0 Å². The number of aryl methyl sites for hydroxylation is 1. The Labute approximate surface area is 162 Å². The lowest BCUT2D eigenvalue weighted by atomic mass is 10.0. The van der Waals surface area contributed by atoms with Gasteiger partial charge in [0.05, 0.1) is 24.9 Å². The van der Waals surface area contributed by atoms with Crippen molar-refractivity contribution in [1.82, 2.24) is 15.0 Å². The lowest BCUT2D eigenvalue weighted by Crippen LogP contribution is -2.14. The van der Waals surface area contributed by atoms with Gasteiger partial charge in [0.15, 0.2) is 0 Å². The zero-order valence-electron chi connectivity index (χ0n) is 15.7. The summed E-state index contributed by atoms with van der Waals surface area (Å²) >= 11 is 0. The molecule has 0 unspecified atom stereocenters. The number of ether oxygens (including phenoxy) is 1. The molecule has 1 saturated carbocycles. The molecule has 3 heterocycles. The van der Waals surface area contributed by atoms with Crippen molar-refractivity contribution in [2.24, 2.45) is 5.92 Å². The number of fused-ring (bicyclic) bond motifs is 1. The maximum atomic E-state index is 11.9. The third-order valence-electron chi connectivity index (χ3n) is 4.80. The number of nitrogens with zero attached hydrogens (tertiary/aromatic N) is 3. The number of carbonyl (C=O) groups excluding carboxylic acids is 2. The van der Waals surface area contributed by atoms with Crippen molar-refractivity contribution in [1.29, 1.82) is 0 Å². The number of anilines is 1. The van der Waals surface area contributed by atoms with Crippen molar-refractivity contribution in [2.45, 2.75) is 26.2 Å². The first-order valence-corrected chi connectivity index (χ1v) is 9.13. The molecule has 4 rings (SSSR count). The quantitative estimate of drug-likeness (QED) is 0.688. The van der Waals surface area contributed by atoms with Crippen LogP contribution in [0.4, 0.5) is 5.82 Å². The van der Waals surface area contributed by atoms with Crippen LogP contribution in [-0.4, -0.2) is 33.9 Å². The topological polar surface area (TPSA) is 94.1 Å². The van der Waals surface area contributed by atoms with E-state index in [1.54, 1.807) is 18.6 Å². The van der Waals surface area contributed by atoms with Crippen LogP contribution < -0.4 is 5.32 Å². The molecule has 3 aromatic heterocycles. The number of pyridine rings is 3. The first-order chi connectivity index (χ1) is 13.5. The number of methoxy groups -OCH3 is 1. The Morgan fingerprint density at radius 1 is 1.07 bits per heavy atom. The third-order valence-corrected chi connectivity index (χ3v) is 4.80. The molecule has 28 heavy (non-hydrogen) atoms. The molecule has 7 heteroatoms. The summed E-state index contributed by atoms with van der Waals surface area (Å²) in [4.78, 5) is 36.6. The van der Waals surface area contributed by atoms with Crippen molar-refractivity contribution < 1.29 is 14.3 Å². The average Bonchev–Trinajstić information content (AvgIpc) is 3.53. The Bertz CT molecular complexity index is 1080. The molecule has 1 fully saturated rings. The van der Waals surface area contributed by atoms with Crippen LogP contribution in [0.15, 0.2) is 36.8 Å². The third kappa shape index (κ3) is 3.83. The Balaban J connectivity index is 1.58. The minimum absolute atomic E-state index is 0.0326. The first kappa shape index (κ1) is 18.0. The molecule has 0 aromatic carbocycles. The van der Waals surface area contributed by atoms with Crippen LogP contribution >= 0.6 is 0 Å². The van der Waals surface area contributed by atoms with Crippen LogP contribution in [0.5, 0.6) is 0 Å². The second-order valence-electron chi connectivity index (χ2n) is 6.99. The van der Waals surface area contributed by atoms with Gasteiger partial charge in [-0.3, -0.25) is 19.6 Å². The predicted octanol–water partition coefficient (Wildman–Crippen LogP) is 3.06. The van der Waals surface area contributed by atoms with Gasteiger partial charge in [0, 0.05) is 40.8 Å². The van der Waals surface area contributed by atoms with Gasteiger partial charge < -0.3 is 10.1 Å². The van der Waals surface area contributed by atoms with Gasteiger partial charge in [0.25, 0.3) is 0 Å². The normalized spacial score (nSPS) is 13.4. The number of esters is 1. The summed E-state index contributed by atoms with van der Waals surface area (Å²) in [6.45, 7) is 1.96. The minimum Gasteiger partial charge on any atom is -0.469 e. The van der Waals surface area contributed by atoms with Crippen LogP contribution in [0.1, 0.15) is 24.1 Å². The molecule has 1 amide bonds. The van der Waals surface area contributed by atoms with Crippen LogP contribution in [0.25, 0.3) is 22.0 Å². The molecule has 7 nitrogen and oxygen atoms in total. The predicted molar refractivity (Wildman–Crippen MR) is 105 cm³/mol. The molecule has 1 N–H and O–H groups in total. The van der Waals surface area contributed by atoms with Gasteiger partial charge in [0.1, 0.15) is 5.82 Å². The van der Waals surface area contributed by atoms with E-state index in [-0.39, 0.29) is 24.2 Å². The summed E-state index contributed by atoms with van der Waals surface area (Å²) in [5.41, 5.74) is 3.30. The van der Waals surface area contributed by atoms with E-state index in [0.717, 1.165) is 40.4 Å². The van der Waals surface area contributed by atoms with Crippen LogP contribution in [-0.2, 0) is 20.7 Å². The molecule has 3 aromatic rings. The zero-order valence-corrected chi connectivity index (χ0v) is 15.7. The molecule has 0 atom stereocenters. The van der Waals surface area contributed by atoms with Crippen molar-refractivity contribution in [3.05, 3.63) is 48.0 Å². The number of hydrogen-bond donors (Lipinski definition) is 1. The van der Waals surface area contributed by atoms with E-state index < -0.39 is 0 Å². The molecule has 1 aliphatic rings. The summed E-state index contributed by atoms with van der Waals surface area (Å²) in [6, 6.07) is 5.64. The van der Waals surface area contributed by atoms with E-state index in [2.05, 4.69) is 25.0 Å². The molecule has 142 valence electrons. The van der Waals surface area contributed by atoms with E-state index in [9.17, 15) is 9.59 Å². The molecule has 0 radical (unpaired) electrons. The van der Waals surface area contributed by atoms with Gasteiger partial charge in [-0.1, -0.05) is 0 Å². The van der Waals surface area contributed by atoms with Crippen LogP contribution in [0.3, 0.4) is 0 Å².